The van der Waals surface area contributed by atoms with E-state index in [9.17, 15) is 18.0 Å². The number of nitrogens with zero attached hydrogens (tertiary/aromatic N) is 1. The van der Waals surface area contributed by atoms with Gasteiger partial charge in [0, 0.05) is 19.6 Å². The summed E-state index contributed by atoms with van der Waals surface area (Å²) in [6.45, 7) is 4.81. The molecular formula is C15H21F3N2O2. The number of hydrogen-bond donors (Lipinski definition) is 1. The third-order valence-corrected chi connectivity index (χ3v) is 2.58. The molecular weight excluding hydrogens is 297 g/mol. The molecule has 124 valence electrons. The molecule has 22 heavy (non-hydrogen) atoms. The zero-order valence-electron chi connectivity index (χ0n) is 12.9. The molecule has 0 radical (unpaired) electrons. The largest absolute Gasteiger partial charge is 0.457 e. The standard InChI is InChI=1S/C15H21F3N2O2/c1-14(2,3)22-13(21)20(10-9-19-15(16,17)18)11-12-7-5-4-6-8-12/h4-8,19H,9-11H2,1-3H3. The molecule has 0 saturated carbocycles. The van der Waals surface area contributed by atoms with Crippen molar-refractivity contribution in [1.82, 2.24) is 10.2 Å². The van der Waals surface area contributed by atoms with Crippen molar-refractivity contribution in [2.45, 2.75) is 39.2 Å². The summed E-state index contributed by atoms with van der Waals surface area (Å²) < 4.78 is 41.7. The molecule has 0 aromatic heterocycles. The molecule has 0 unspecified atom stereocenters. The van der Waals surface area contributed by atoms with Crippen LogP contribution < -0.4 is 5.32 Å². The number of benzene rings is 1. The first kappa shape index (κ1) is 18.3. The van der Waals surface area contributed by atoms with Gasteiger partial charge in [0.15, 0.2) is 0 Å². The number of carbonyl (C=O) groups is 1. The van der Waals surface area contributed by atoms with Gasteiger partial charge in [-0.3, -0.25) is 0 Å². The Kier molecular flexibility index (Phi) is 6.22. The molecule has 1 rings (SSSR count). The first-order chi connectivity index (χ1) is 10.1. The van der Waals surface area contributed by atoms with Gasteiger partial charge >= 0.3 is 12.4 Å². The lowest BCUT2D eigenvalue weighted by atomic mass is 10.2. The number of alkyl halides is 3. The van der Waals surface area contributed by atoms with E-state index in [1.165, 1.54) is 10.2 Å². The smallest absolute Gasteiger partial charge is 0.444 e. The molecule has 1 aromatic carbocycles. The molecule has 0 aliphatic heterocycles. The fourth-order valence-corrected chi connectivity index (χ4v) is 1.70. The highest BCUT2D eigenvalue weighted by molar-refractivity contribution is 5.68. The van der Waals surface area contributed by atoms with Gasteiger partial charge in [-0.2, -0.15) is 13.2 Å². The fourth-order valence-electron chi connectivity index (χ4n) is 1.70. The van der Waals surface area contributed by atoms with E-state index in [0.717, 1.165) is 5.56 Å². The minimum absolute atomic E-state index is 0.108. The Hall–Kier alpha value is -1.76. The van der Waals surface area contributed by atoms with E-state index in [4.69, 9.17) is 4.74 Å². The lowest BCUT2D eigenvalue weighted by molar-refractivity contribution is -0.157. The minimum atomic E-state index is -4.47. The van der Waals surface area contributed by atoms with E-state index in [-0.39, 0.29) is 13.1 Å². The zero-order valence-corrected chi connectivity index (χ0v) is 12.9. The van der Waals surface area contributed by atoms with Gasteiger partial charge in [0.25, 0.3) is 0 Å². The van der Waals surface area contributed by atoms with E-state index in [2.05, 4.69) is 0 Å². The molecule has 0 fully saturated rings. The van der Waals surface area contributed by atoms with Crippen LogP contribution in [-0.2, 0) is 11.3 Å². The molecule has 0 atom stereocenters. The quantitative estimate of drug-likeness (QED) is 0.845. The molecule has 0 aliphatic rings. The van der Waals surface area contributed by atoms with Crippen LogP contribution in [0, 0.1) is 0 Å². The first-order valence-corrected chi connectivity index (χ1v) is 6.90. The second kappa shape index (κ2) is 7.49. The van der Waals surface area contributed by atoms with E-state index in [0.29, 0.717) is 0 Å². The van der Waals surface area contributed by atoms with Crippen LogP contribution >= 0.6 is 0 Å². The summed E-state index contributed by atoms with van der Waals surface area (Å²) in [6.07, 6.45) is -5.10. The van der Waals surface area contributed by atoms with E-state index >= 15 is 0 Å². The Morgan fingerprint density at radius 1 is 1.18 bits per heavy atom. The van der Waals surface area contributed by atoms with Gasteiger partial charge in [0.1, 0.15) is 5.60 Å². The highest BCUT2D eigenvalue weighted by atomic mass is 19.4. The fraction of sp³-hybridized carbons (Fsp3) is 0.533. The van der Waals surface area contributed by atoms with Crippen LogP contribution in [0.1, 0.15) is 26.3 Å². The Labute approximate surface area is 128 Å². The molecule has 1 aromatic rings. The van der Waals surface area contributed by atoms with Crippen LogP contribution in [-0.4, -0.2) is 36.0 Å². The van der Waals surface area contributed by atoms with Gasteiger partial charge in [-0.1, -0.05) is 30.3 Å². The van der Waals surface area contributed by atoms with E-state index in [1.54, 1.807) is 45.0 Å². The number of hydrogen-bond acceptors (Lipinski definition) is 3. The molecule has 0 spiro atoms. The first-order valence-electron chi connectivity index (χ1n) is 6.90. The Bertz CT molecular complexity index is 470. The van der Waals surface area contributed by atoms with Gasteiger partial charge in [-0.05, 0) is 26.3 Å². The molecule has 0 saturated heterocycles. The Balaban J connectivity index is 2.70. The number of nitrogens with one attached hydrogen (secondary N) is 1. The second-order valence-corrected chi connectivity index (χ2v) is 5.81. The third kappa shape index (κ3) is 7.87. The average molecular weight is 318 g/mol. The maximum atomic E-state index is 12.2. The van der Waals surface area contributed by atoms with Gasteiger partial charge in [-0.15, -0.1) is 0 Å². The summed E-state index contributed by atoms with van der Waals surface area (Å²) in [5.74, 6) is 0. The van der Waals surface area contributed by atoms with Crippen LogP contribution in [0.25, 0.3) is 0 Å². The average Bonchev–Trinajstić information content (AvgIpc) is 2.35. The number of ether oxygens (including phenoxy) is 1. The summed E-state index contributed by atoms with van der Waals surface area (Å²) >= 11 is 0. The summed E-state index contributed by atoms with van der Waals surface area (Å²) in [7, 11) is 0. The molecule has 1 amide bonds. The number of carbonyl (C=O) groups excluding carboxylic acids is 1. The van der Waals surface area contributed by atoms with Crippen molar-refractivity contribution in [1.29, 1.82) is 0 Å². The maximum absolute atomic E-state index is 12.2. The molecule has 0 heterocycles. The van der Waals surface area contributed by atoms with Crippen molar-refractivity contribution in [2.75, 3.05) is 13.1 Å². The van der Waals surface area contributed by atoms with E-state index in [1.807, 2.05) is 6.07 Å². The SMILES string of the molecule is CC(C)(C)OC(=O)N(CCNC(F)(F)F)Cc1ccccc1. The maximum Gasteiger partial charge on any atom is 0.457 e. The van der Waals surface area contributed by atoms with Gasteiger partial charge in [-0.25, -0.2) is 10.1 Å². The topological polar surface area (TPSA) is 41.6 Å². The summed E-state index contributed by atoms with van der Waals surface area (Å²) in [6, 6.07) is 9.03. The summed E-state index contributed by atoms with van der Waals surface area (Å²) in [5.41, 5.74) is 0.115. The summed E-state index contributed by atoms with van der Waals surface area (Å²) in [5, 5.41) is 1.41. The molecule has 4 nitrogen and oxygen atoms in total. The number of amides is 1. The van der Waals surface area contributed by atoms with Gasteiger partial charge in [0.2, 0.25) is 0 Å². The number of halogens is 3. The van der Waals surface area contributed by atoms with Crippen molar-refractivity contribution in [3.63, 3.8) is 0 Å². The second-order valence-electron chi connectivity index (χ2n) is 5.81. The highest BCUT2D eigenvalue weighted by Crippen LogP contribution is 2.13. The Morgan fingerprint density at radius 2 is 1.77 bits per heavy atom. The van der Waals surface area contributed by atoms with Crippen molar-refractivity contribution < 1.29 is 22.7 Å². The van der Waals surface area contributed by atoms with E-state index < -0.39 is 24.5 Å². The lowest BCUT2D eigenvalue weighted by Gasteiger charge is -2.27. The normalized spacial score (nSPS) is 12.1. The molecule has 7 heteroatoms. The molecule has 0 bridgehead atoms. The third-order valence-electron chi connectivity index (χ3n) is 2.58. The summed E-state index contributed by atoms with van der Waals surface area (Å²) in [4.78, 5) is 13.4. The molecule has 1 N–H and O–H groups in total. The van der Waals surface area contributed by atoms with Crippen LogP contribution in [0.5, 0.6) is 0 Å². The monoisotopic (exact) mass is 318 g/mol. The predicted octanol–water partition coefficient (Wildman–Crippen LogP) is 3.53. The van der Waals surface area contributed by atoms with Crippen molar-refractivity contribution in [2.24, 2.45) is 0 Å². The van der Waals surface area contributed by atoms with Crippen LogP contribution in [0.3, 0.4) is 0 Å². The number of rotatable bonds is 5. The predicted molar refractivity (Wildman–Crippen MR) is 77.1 cm³/mol. The van der Waals surface area contributed by atoms with Crippen LogP contribution in [0.4, 0.5) is 18.0 Å². The molecule has 0 aliphatic carbocycles. The van der Waals surface area contributed by atoms with Crippen molar-refractivity contribution in [3.8, 4) is 0 Å². The zero-order chi connectivity index (χ0) is 16.8. The van der Waals surface area contributed by atoms with Gasteiger partial charge < -0.3 is 9.64 Å². The highest BCUT2D eigenvalue weighted by Gasteiger charge is 2.27. The van der Waals surface area contributed by atoms with Crippen molar-refractivity contribution in [3.05, 3.63) is 35.9 Å². The lowest BCUT2D eigenvalue weighted by Crippen LogP contribution is -2.42. The Morgan fingerprint density at radius 3 is 2.27 bits per heavy atom. The van der Waals surface area contributed by atoms with Crippen LogP contribution in [0.2, 0.25) is 0 Å². The van der Waals surface area contributed by atoms with Gasteiger partial charge in [0.05, 0.1) is 0 Å². The van der Waals surface area contributed by atoms with Crippen molar-refractivity contribution >= 4 is 6.09 Å². The van der Waals surface area contributed by atoms with Crippen LogP contribution in [0.15, 0.2) is 30.3 Å². The minimum Gasteiger partial charge on any atom is -0.444 e.